The first kappa shape index (κ1) is 24.9. The largest absolute Gasteiger partial charge is 0.497 e. The number of aliphatic hydroxyl groups excluding tert-OH is 1. The first-order valence-electron chi connectivity index (χ1n) is 10.1. The average Bonchev–Trinajstić information content (AvgIpc) is 2.78. The molecule has 6 nitrogen and oxygen atoms in total. The summed E-state index contributed by atoms with van der Waals surface area (Å²) in [7, 11) is 4.63. The zero-order valence-electron chi connectivity index (χ0n) is 18.2. The number of halogens is 1. The number of carbonyl (C=O) groups excluding carboxylic acids is 1. The van der Waals surface area contributed by atoms with E-state index >= 15 is 0 Å². The van der Waals surface area contributed by atoms with E-state index in [1.807, 2.05) is 39.1 Å². The summed E-state index contributed by atoms with van der Waals surface area (Å²) < 4.78 is 19.6. The molecule has 29 heavy (non-hydrogen) atoms. The van der Waals surface area contributed by atoms with Gasteiger partial charge in [-0.2, -0.15) is 0 Å². The van der Waals surface area contributed by atoms with Crippen LogP contribution >= 0.6 is 0 Å². The number of aromatic nitrogens is 1. The number of likely N-dealkylation sites (N-methyl/N-ethyl adjacent to an activating group) is 1. The molecule has 0 aliphatic carbocycles. The van der Waals surface area contributed by atoms with Gasteiger partial charge in [0.05, 0.1) is 24.9 Å². The lowest BCUT2D eigenvalue weighted by Gasteiger charge is -2.37. The van der Waals surface area contributed by atoms with Crippen molar-refractivity contribution in [2.45, 2.75) is 32.7 Å². The summed E-state index contributed by atoms with van der Waals surface area (Å²) in [6.45, 7) is 7.36. The minimum atomic E-state index is -0.286. The summed E-state index contributed by atoms with van der Waals surface area (Å²) in [6, 6.07) is 5.44. The number of carbonyl (C=O) groups is 1. The molecular formula is C22H34FN3O3. The van der Waals surface area contributed by atoms with Crippen molar-refractivity contribution in [2.24, 2.45) is 0 Å². The van der Waals surface area contributed by atoms with Gasteiger partial charge in [-0.25, -0.2) is 4.39 Å². The third-order valence-electron chi connectivity index (χ3n) is 4.90. The van der Waals surface area contributed by atoms with E-state index in [1.54, 1.807) is 7.11 Å². The molecule has 1 aromatic heterocycles. The monoisotopic (exact) mass is 407 g/mol. The second-order valence-electron chi connectivity index (χ2n) is 6.57. The molecule has 1 unspecified atom stereocenters. The second kappa shape index (κ2) is 13.2. The Bertz CT molecular complexity index is 757. The highest BCUT2D eigenvalue weighted by molar-refractivity contribution is 5.83. The predicted octanol–water partition coefficient (Wildman–Crippen LogP) is 2.76. The van der Waals surface area contributed by atoms with Gasteiger partial charge in [0, 0.05) is 32.1 Å². The normalized spacial score (nSPS) is 17.0. The molecule has 1 fully saturated rings. The Morgan fingerprint density at radius 2 is 2.03 bits per heavy atom. The van der Waals surface area contributed by atoms with Crippen LogP contribution in [-0.2, 0) is 11.2 Å². The van der Waals surface area contributed by atoms with Gasteiger partial charge < -0.3 is 19.5 Å². The molecule has 0 radical (unpaired) electrons. The molecule has 1 N–H and O–H groups in total. The van der Waals surface area contributed by atoms with Gasteiger partial charge in [0.2, 0.25) is 0 Å². The van der Waals surface area contributed by atoms with Crippen molar-refractivity contribution in [1.82, 2.24) is 14.8 Å². The van der Waals surface area contributed by atoms with Gasteiger partial charge in [-0.3, -0.25) is 9.88 Å². The maximum atomic E-state index is 14.3. The maximum absolute atomic E-state index is 14.3. The van der Waals surface area contributed by atoms with Gasteiger partial charge in [0.1, 0.15) is 17.9 Å². The lowest BCUT2D eigenvalue weighted by atomic mass is 10.0. The van der Waals surface area contributed by atoms with Gasteiger partial charge in [0.15, 0.2) is 0 Å². The van der Waals surface area contributed by atoms with E-state index in [4.69, 9.17) is 9.84 Å². The van der Waals surface area contributed by atoms with Crippen molar-refractivity contribution >= 4 is 17.2 Å². The molecule has 1 saturated heterocycles. The number of nitrogens with zero attached hydrogens (tertiary/aromatic N) is 3. The Hall–Kier alpha value is -2.09. The number of methoxy groups -OCH3 is 1. The van der Waals surface area contributed by atoms with Gasteiger partial charge >= 0.3 is 0 Å². The fourth-order valence-electron chi connectivity index (χ4n) is 3.44. The Morgan fingerprint density at radius 1 is 1.31 bits per heavy atom. The highest BCUT2D eigenvalue weighted by Crippen LogP contribution is 2.25. The van der Waals surface area contributed by atoms with Crippen molar-refractivity contribution in [1.29, 1.82) is 0 Å². The number of aldehydes is 1. The summed E-state index contributed by atoms with van der Waals surface area (Å²) in [6.07, 6.45) is 3.70. The minimum Gasteiger partial charge on any atom is -0.497 e. The second-order valence-corrected chi connectivity index (χ2v) is 6.57. The number of ether oxygens (including phenoxy) is 1. The molecule has 0 bridgehead atoms. The quantitative estimate of drug-likeness (QED) is 0.743. The summed E-state index contributed by atoms with van der Waals surface area (Å²) in [4.78, 5) is 19.8. The van der Waals surface area contributed by atoms with Crippen molar-refractivity contribution in [2.75, 3.05) is 47.4 Å². The molecule has 162 valence electrons. The summed E-state index contributed by atoms with van der Waals surface area (Å²) in [5.74, 6) is 0.410. The average molecular weight is 408 g/mol. The molecule has 0 spiro atoms. The van der Waals surface area contributed by atoms with Crippen LogP contribution in [-0.4, -0.2) is 79.7 Å². The van der Waals surface area contributed by atoms with E-state index in [2.05, 4.69) is 14.8 Å². The molecule has 1 atom stereocenters. The van der Waals surface area contributed by atoms with Gasteiger partial charge in [-0.1, -0.05) is 13.8 Å². The Labute approximate surface area is 173 Å². The number of hydrogen-bond donors (Lipinski definition) is 1. The first-order valence-corrected chi connectivity index (χ1v) is 10.1. The van der Waals surface area contributed by atoms with E-state index in [-0.39, 0.29) is 11.9 Å². The number of pyridine rings is 1. The van der Waals surface area contributed by atoms with Crippen molar-refractivity contribution < 1.29 is 19.0 Å². The van der Waals surface area contributed by atoms with Crippen LogP contribution in [0.4, 0.5) is 4.39 Å². The van der Waals surface area contributed by atoms with Crippen LogP contribution in [0.5, 0.6) is 5.75 Å². The molecule has 1 aliphatic rings. The molecule has 0 saturated carbocycles. The lowest BCUT2D eigenvalue weighted by molar-refractivity contribution is -0.114. The number of benzene rings is 1. The van der Waals surface area contributed by atoms with Crippen LogP contribution in [0, 0.1) is 5.82 Å². The molecular weight excluding hydrogens is 373 g/mol. The number of fused-ring (bicyclic) bond motifs is 1. The van der Waals surface area contributed by atoms with Crippen LogP contribution in [0.15, 0.2) is 24.4 Å². The number of rotatable bonds is 6. The third-order valence-corrected chi connectivity index (χ3v) is 4.90. The molecule has 0 amide bonds. The predicted molar refractivity (Wildman–Crippen MR) is 115 cm³/mol. The van der Waals surface area contributed by atoms with Crippen molar-refractivity contribution in [3.63, 3.8) is 0 Å². The minimum absolute atomic E-state index is 0.0714. The molecule has 7 heteroatoms. The Balaban J connectivity index is 0.000000989. The first-order chi connectivity index (χ1) is 14.1. The highest BCUT2D eigenvalue weighted by Gasteiger charge is 2.24. The lowest BCUT2D eigenvalue weighted by Crippen LogP contribution is -2.52. The SMILES string of the molecule is CC.CO.COc1ccc2ncc(F)c(CCCN3CCN(C)CC3C=O)c2c1. The fraction of sp³-hybridized carbons (Fsp3) is 0.545. The molecule has 2 aromatic rings. The Kier molecular flexibility index (Phi) is 11.3. The molecule has 1 aromatic carbocycles. The van der Waals surface area contributed by atoms with Gasteiger partial charge in [0.25, 0.3) is 0 Å². The molecule has 3 rings (SSSR count). The van der Waals surface area contributed by atoms with Crippen molar-refractivity contribution in [3.8, 4) is 5.75 Å². The van der Waals surface area contributed by atoms with Crippen LogP contribution in [0.1, 0.15) is 25.8 Å². The van der Waals surface area contributed by atoms with Gasteiger partial charge in [-0.15, -0.1) is 0 Å². The number of hydrogen-bond acceptors (Lipinski definition) is 6. The zero-order valence-corrected chi connectivity index (χ0v) is 18.2. The van der Waals surface area contributed by atoms with E-state index in [0.29, 0.717) is 17.7 Å². The fourth-order valence-corrected chi connectivity index (χ4v) is 3.44. The molecule has 1 aliphatic heterocycles. The van der Waals surface area contributed by atoms with E-state index in [1.165, 1.54) is 6.20 Å². The summed E-state index contributed by atoms with van der Waals surface area (Å²) in [5.41, 5.74) is 1.43. The van der Waals surface area contributed by atoms with Crippen LogP contribution in [0.3, 0.4) is 0 Å². The number of aliphatic hydroxyl groups is 1. The summed E-state index contributed by atoms with van der Waals surface area (Å²) in [5, 5.41) is 7.80. The standard InChI is InChI=1S/C19H24FN3O2.C2H6.CH4O/c1-22-8-9-23(14(12-22)13-24)7-3-4-16-17-10-15(25-2)5-6-19(17)21-11-18(16)20;2*1-2/h5-6,10-11,13-14H,3-4,7-9,12H2,1-2H3;1-2H3;2H,1H3. The van der Waals surface area contributed by atoms with Gasteiger partial charge in [-0.05, 0) is 50.2 Å². The third kappa shape index (κ3) is 6.73. The Morgan fingerprint density at radius 3 is 2.69 bits per heavy atom. The van der Waals surface area contributed by atoms with Crippen LogP contribution in [0.25, 0.3) is 10.9 Å². The molecule has 2 heterocycles. The van der Waals surface area contributed by atoms with Crippen LogP contribution in [0.2, 0.25) is 0 Å². The highest BCUT2D eigenvalue weighted by atomic mass is 19.1. The van der Waals surface area contributed by atoms with E-state index in [0.717, 1.165) is 56.9 Å². The van der Waals surface area contributed by atoms with E-state index < -0.39 is 0 Å². The number of piperazine rings is 1. The van der Waals surface area contributed by atoms with Crippen LogP contribution < -0.4 is 4.74 Å². The zero-order chi connectivity index (χ0) is 21.8. The van der Waals surface area contributed by atoms with Crippen molar-refractivity contribution in [3.05, 3.63) is 35.8 Å². The summed E-state index contributed by atoms with van der Waals surface area (Å²) >= 11 is 0. The maximum Gasteiger partial charge on any atom is 0.145 e. The number of aryl methyl sites for hydroxylation is 1. The smallest absolute Gasteiger partial charge is 0.145 e. The van der Waals surface area contributed by atoms with E-state index in [9.17, 15) is 9.18 Å². The topological polar surface area (TPSA) is 65.9 Å².